The number of halogens is 3. The molecule has 0 bridgehead atoms. The Bertz CT molecular complexity index is 1470. The molecule has 2 N–H and O–H groups in total. The lowest BCUT2D eigenvalue weighted by Gasteiger charge is -2.40. The minimum Gasteiger partial charge on any atom is -0.369 e. The summed E-state index contributed by atoms with van der Waals surface area (Å²) in [6, 6.07) is 11.5. The first-order chi connectivity index (χ1) is 19.8. The summed E-state index contributed by atoms with van der Waals surface area (Å²) in [4.78, 5) is 33.6. The predicted molar refractivity (Wildman–Crippen MR) is 162 cm³/mol. The summed E-state index contributed by atoms with van der Waals surface area (Å²) >= 11 is 0. The number of alkyl halides is 3. The Labute approximate surface area is 245 Å². The number of carbonyl (C=O) groups excluding carboxylic acids is 1. The Balaban J connectivity index is 1.73. The summed E-state index contributed by atoms with van der Waals surface area (Å²) in [5.74, 6) is -0.339. The summed E-state index contributed by atoms with van der Waals surface area (Å²) in [5.41, 5.74) is 4.46. The Morgan fingerprint density at radius 2 is 1.57 bits per heavy atom. The monoisotopic (exact) mass is 582 g/mol. The van der Waals surface area contributed by atoms with Crippen molar-refractivity contribution in [2.24, 2.45) is 0 Å². The second-order valence-electron chi connectivity index (χ2n) is 11.6. The topological polar surface area (TPSA) is 68.4 Å². The summed E-state index contributed by atoms with van der Waals surface area (Å²) in [7, 11) is 4.22. The van der Waals surface area contributed by atoms with Crippen LogP contribution in [0.5, 0.6) is 0 Å². The third-order valence-corrected chi connectivity index (χ3v) is 8.58. The average molecular weight is 583 g/mol. The van der Waals surface area contributed by atoms with E-state index >= 15 is 0 Å². The number of amides is 1. The highest BCUT2D eigenvalue weighted by Crippen LogP contribution is 2.37. The van der Waals surface area contributed by atoms with E-state index in [0.717, 1.165) is 66.9 Å². The molecule has 0 aliphatic heterocycles. The van der Waals surface area contributed by atoms with Crippen molar-refractivity contribution in [3.63, 3.8) is 0 Å². The average Bonchev–Trinajstić information content (AvgIpc) is 2.93. The smallest absolute Gasteiger partial charge is 0.369 e. The van der Waals surface area contributed by atoms with Gasteiger partial charge in [0.2, 0.25) is 0 Å². The molecule has 1 aromatic heterocycles. The number of carbonyl (C=O) groups is 1. The van der Waals surface area contributed by atoms with E-state index in [0.29, 0.717) is 28.3 Å². The highest BCUT2D eigenvalue weighted by molar-refractivity contribution is 5.99. The lowest BCUT2D eigenvalue weighted by atomic mass is 9.88. The molecule has 0 spiro atoms. The molecule has 2 aromatic carbocycles. The summed E-state index contributed by atoms with van der Waals surface area (Å²) in [5, 5.41) is 2.92. The van der Waals surface area contributed by atoms with Gasteiger partial charge in [-0.1, -0.05) is 12.1 Å². The second kappa shape index (κ2) is 12.7. The Morgan fingerprint density at radius 3 is 2.12 bits per heavy atom. The van der Waals surface area contributed by atoms with Crippen molar-refractivity contribution < 1.29 is 18.0 Å². The Kier molecular flexibility index (Phi) is 9.50. The zero-order valence-electron chi connectivity index (χ0n) is 25.3. The number of H-pyrrole nitrogens is 1. The van der Waals surface area contributed by atoms with E-state index < -0.39 is 11.7 Å². The van der Waals surface area contributed by atoms with Gasteiger partial charge in [0.05, 0.1) is 5.56 Å². The molecule has 0 unspecified atom stereocenters. The molecule has 1 saturated carbocycles. The van der Waals surface area contributed by atoms with Crippen LogP contribution in [0.4, 0.5) is 18.9 Å². The number of pyridine rings is 1. The van der Waals surface area contributed by atoms with E-state index in [2.05, 4.69) is 41.1 Å². The fourth-order valence-electron chi connectivity index (χ4n) is 6.13. The van der Waals surface area contributed by atoms with E-state index in [1.807, 2.05) is 26.0 Å². The van der Waals surface area contributed by atoms with E-state index in [1.165, 1.54) is 12.1 Å². The highest BCUT2D eigenvalue weighted by atomic mass is 19.4. The molecule has 4 rings (SSSR count). The number of aryl methyl sites for hydroxylation is 2. The number of anilines is 1. The molecule has 9 heteroatoms. The maximum absolute atomic E-state index is 13.7. The van der Waals surface area contributed by atoms with Crippen LogP contribution in [0.2, 0.25) is 0 Å². The number of nitrogens with one attached hydrogen (secondary N) is 2. The van der Waals surface area contributed by atoms with E-state index in [9.17, 15) is 22.8 Å². The maximum Gasteiger partial charge on any atom is 0.416 e. The van der Waals surface area contributed by atoms with Crippen LogP contribution in [0.15, 0.2) is 47.3 Å². The van der Waals surface area contributed by atoms with Crippen molar-refractivity contribution in [3.8, 4) is 11.1 Å². The molecule has 6 nitrogen and oxygen atoms in total. The molecule has 1 aliphatic rings. The fourth-order valence-corrected chi connectivity index (χ4v) is 6.13. The number of benzene rings is 2. The van der Waals surface area contributed by atoms with E-state index in [1.54, 1.807) is 13.0 Å². The van der Waals surface area contributed by atoms with Crippen molar-refractivity contribution in [1.82, 2.24) is 15.2 Å². The van der Waals surface area contributed by atoms with Crippen LogP contribution >= 0.6 is 0 Å². The number of rotatable bonds is 8. The number of aromatic amines is 1. The van der Waals surface area contributed by atoms with Crippen molar-refractivity contribution in [3.05, 3.63) is 86.3 Å². The number of nitrogens with zero attached hydrogens (tertiary/aromatic N) is 2. The molecule has 1 fully saturated rings. The highest BCUT2D eigenvalue weighted by Gasteiger charge is 2.31. The molecular formula is C33H41F3N4O2. The summed E-state index contributed by atoms with van der Waals surface area (Å²) < 4.78 is 39.8. The second-order valence-corrected chi connectivity index (χ2v) is 11.6. The van der Waals surface area contributed by atoms with Gasteiger partial charge in [-0.2, -0.15) is 13.2 Å². The Morgan fingerprint density at radius 1 is 0.952 bits per heavy atom. The van der Waals surface area contributed by atoms with Gasteiger partial charge < -0.3 is 20.1 Å². The van der Waals surface area contributed by atoms with Gasteiger partial charge in [-0.15, -0.1) is 0 Å². The van der Waals surface area contributed by atoms with Gasteiger partial charge >= 0.3 is 6.18 Å². The third-order valence-electron chi connectivity index (χ3n) is 8.58. The largest absolute Gasteiger partial charge is 0.416 e. The molecule has 3 aromatic rings. The van der Waals surface area contributed by atoms with Crippen LogP contribution in [0.1, 0.15) is 70.9 Å². The van der Waals surface area contributed by atoms with E-state index in [4.69, 9.17) is 0 Å². The third kappa shape index (κ3) is 6.89. The first-order valence-corrected chi connectivity index (χ1v) is 14.5. The number of hydrogen-bond acceptors (Lipinski definition) is 4. The zero-order chi connectivity index (χ0) is 30.8. The first-order valence-electron chi connectivity index (χ1n) is 14.5. The number of hydrogen-bond donors (Lipinski definition) is 2. The van der Waals surface area contributed by atoms with Crippen LogP contribution < -0.4 is 15.8 Å². The van der Waals surface area contributed by atoms with Crippen LogP contribution in [0, 0.1) is 20.8 Å². The normalized spacial score (nSPS) is 17.4. The van der Waals surface area contributed by atoms with Crippen molar-refractivity contribution >= 4 is 11.6 Å². The predicted octanol–water partition coefficient (Wildman–Crippen LogP) is 6.62. The molecule has 1 aliphatic carbocycles. The number of aromatic nitrogens is 1. The molecule has 0 saturated heterocycles. The lowest BCUT2D eigenvalue weighted by molar-refractivity contribution is -0.137. The zero-order valence-corrected chi connectivity index (χ0v) is 25.3. The molecule has 226 valence electrons. The van der Waals surface area contributed by atoms with Gasteiger partial charge in [-0.05, 0) is 120 Å². The molecule has 1 heterocycles. The van der Waals surface area contributed by atoms with Crippen molar-refractivity contribution in [2.75, 3.05) is 25.5 Å². The minimum atomic E-state index is -4.43. The maximum atomic E-state index is 13.7. The van der Waals surface area contributed by atoms with E-state index in [-0.39, 0.29) is 24.1 Å². The summed E-state index contributed by atoms with van der Waals surface area (Å²) in [6.45, 7) is 8.44. The van der Waals surface area contributed by atoms with Crippen LogP contribution in [0.25, 0.3) is 11.1 Å². The van der Waals surface area contributed by atoms with Crippen LogP contribution in [-0.4, -0.2) is 48.5 Å². The van der Waals surface area contributed by atoms with Gasteiger partial charge in [-0.25, -0.2) is 0 Å². The minimum absolute atomic E-state index is 0.0611. The molecular weight excluding hydrogens is 541 g/mol. The summed E-state index contributed by atoms with van der Waals surface area (Å²) in [6.07, 6.45) is -0.263. The van der Waals surface area contributed by atoms with Crippen molar-refractivity contribution in [2.45, 2.75) is 78.2 Å². The van der Waals surface area contributed by atoms with Gasteiger partial charge in [0.25, 0.3) is 11.5 Å². The lowest BCUT2D eigenvalue weighted by Crippen LogP contribution is -2.42. The first kappa shape index (κ1) is 31.3. The van der Waals surface area contributed by atoms with Crippen molar-refractivity contribution in [1.29, 1.82) is 0 Å². The van der Waals surface area contributed by atoms with Crippen LogP contribution in [-0.2, 0) is 12.7 Å². The van der Waals surface area contributed by atoms with Gasteiger partial charge in [0.1, 0.15) is 0 Å². The van der Waals surface area contributed by atoms with Crippen LogP contribution in [0.3, 0.4) is 0 Å². The quantitative estimate of drug-likeness (QED) is 0.314. The van der Waals surface area contributed by atoms with Gasteiger partial charge in [0.15, 0.2) is 0 Å². The SMILES string of the molecule is CCN(c1cc(-c2ccc(C(F)(F)F)cc2)cc(C(=O)NCc2c(C)cc(C)[nH]c2=O)c1C)C1CCC(N(C)C)CC1. The van der Waals surface area contributed by atoms with Gasteiger partial charge in [-0.3, -0.25) is 9.59 Å². The van der Waals surface area contributed by atoms with Gasteiger partial charge in [0, 0.05) is 47.7 Å². The molecule has 0 radical (unpaired) electrons. The fraction of sp³-hybridized carbons (Fsp3) is 0.455. The molecule has 1 amide bonds. The molecule has 42 heavy (non-hydrogen) atoms. The standard InChI is InChI=1S/C33H41F3N4O2/c1-7-40(27-14-12-26(13-15-27)39(5)6)30-18-24(23-8-10-25(11-9-23)33(34,35)36)17-28(22(30)4)31(41)37-19-29-20(2)16-21(3)38-32(29)42/h8-11,16-18,26-27H,7,12-15,19H2,1-6H3,(H,37,41)(H,38,42). The Hall–Kier alpha value is -3.59. The molecule has 0 atom stereocenters.